The van der Waals surface area contributed by atoms with Gasteiger partial charge in [0, 0.05) is 0 Å². The van der Waals surface area contributed by atoms with Gasteiger partial charge in [-0.05, 0) is 0 Å². The Morgan fingerprint density at radius 3 is 1.40 bits per heavy atom. The minimum absolute atomic E-state index is 0.00657. The summed E-state index contributed by atoms with van der Waals surface area (Å²) in [6.45, 7) is 0. The molecule has 0 aliphatic heterocycles. The molecule has 0 bridgehead atoms. The zero-order chi connectivity index (χ0) is 26.9. The molecule has 0 aromatic heterocycles. The van der Waals surface area contributed by atoms with Gasteiger partial charge in [0.25, 0.3) is 0 Å². The molecule has 0 spiro atoms. The van der Waals surface area contributed by atoms with Crippen molar-refractivity contribution in [2.45, 2.75) is 21.4 Å². The maximum absolute atomic E-state index is 14.3. The number of hydrogen-bond donors (Lipinski definition) is 0. The topological polar surface area (TPSA) is 71.1 Å². The zero-order valence-corrected chi connectivity index (χ0v) is 22.4. The third-order valence-electron chi connectivity index (χ3n) is 3.88. The molecular weight excluding hydrogens is 750 g/mol. The summed E-state index contributed by atoms with van der Waals surface area (Å²) >= 11 is -4.36. The summed E-state index contributed by atoms with van der Waals surface area (Å²) in [6, 6.07) is 10.1. The molecule has 0 radical (unpaired) electrons. The van der Waals surface area contributed by atoms with Crippen LogP contribution in [0.3, 0.4) is 0 Å². The van der Waals surface area contributed by atoms with Crippen LogP contribution >= 0.6 is 42.8 Å². The van der Waals surface area contributed by atoms with Crippen molar-refractivity contribution in [2.75, 3.05) is 14.2 Å². The Kier molecular flexibility index (Phi) is 9.15. The number of alkyl halides is 9. The fourth-order valence-electron chi connectivity index (χ4n) is 2.12. The molecule has 17 heteroatoms. The molecule has 0 fully saturated rings. The molecule has 0 N–H and O–H groups in total. The van der Waals surface area contributed by atoms with Crippen molar-refractivity contribution in [3.8, 4) is 11.5 Å². The fourth-order valence-corrected chi connectivity index (χ4v) is 9.04. The monoisotopic (exact) mass is 764 g/mol. The summed E-state index contributed by atoms with van der Waals surface area (Å²) in [4.78, 5) is 0. The van der Waals surface area contributed by atoms with Gasteiger partial charge in [0.15, 0.2) is 0 Å². The first-order valence-corrected chi connectivity index (χ1v) is 14.2. The van der Waals surface area contributed by atoms with Gasteiger partial charge in [-0.15, -0.1) is 0 Å². The summed E-state index contributed by atoms with van der Waals surface area (Å²) < 4.78 is 145. The maximum atomic E-state index is 14.3. The average molecular weight is 764 g/mol. The molecule has 2 aromatic carbocycles. The summed E-state index contributed by atoms with van der Waals surface area (Å²) in [6.07, 6.45) is -12.8. The van der Waals surface area contributed by atoms with Gasteiger partial charge >= 0.3 is 216 Å². The van der Waals surface area contributed by atoms with Gasteiger partial charge in [0.1, 0.15) is 0 Å². The van der Waals surface area contributed by atoms with E-state index in [4.69, 9.17) is 9.47 Å². The van der Waals surface area contributed by atoms with Crippen molar-refractivity contribution < 1.29 is 60.3 Å². The van der Waals surface area contributed by atoms with Gasteiger partial charge < -0.3 is 0 Å². The van der Waals surface area contributed by atoms with Crippen LogP contribution in [0.4, 0.5) is 35.1 Å². The van der Waals surface area contributed by atoms with Crippen LogP contribution in [-0.4, -0.2) is 44.0 Å². The van der Waals surface area contributed by atoms with Gasteiger partial charge in [-0.1, -0.05) is 0 Å². The molecule has 0 heterocycles. The molecule has 35 heavy (non-hydrogen) atoms. The Hall–Kier alpha value is -1.19. The SMILES string of the molecule is COc1ccc(I(OS(=O)(=O)C(F)(F)C(F)(F)OC(F)(F)C(F)(F)I)c2ccc(OC)cc2)cc1. The van der Waals surface area contributed by atoms with Gasteiger partial charge in [0.05, 0.1) is 0 Å². The second-order valence-corrected chi connectivity index (χ2v) is 14.1. The summed E-state index contributed by atoms with van der Waals surface area (Å²) in [7, 11) is -4.15. The molecule has 0 aliphatic carbocycles. The van der Waals surface area contributed by atoms with E-state index in [-0.39, 0.29) is 41.2 Å². The Morgan fingerprint density at radius 2 is 1.09 bits per heavy atom. The van der Waals surface area contributed by atoms with Crippen LogP contribution in [0.25, 0.3) is 0 Å². The second kappa shape index (κ2) is 10.7. The molecule has 0 atom stereocenters. The van der Waals surface area contributed by atoms with E-state index in [9.17, 15) is 43.5 Å². The molecule has 0 saturated heterocycles. The number of halogens is 10. The third-order valence-corrected chi connectivity index (χ3v) is 11.9. The van der Waals surface area contributed by atoms with Crippen LogP contribution in [0, 0.1) is 7.14 Å². The average Bonchev–Trinajstić information content (AvgIpc) is 2.76. The number of methoxy groups -OCH3 is 2. The quantitative estimate of drug-likeness (QED) is 0.151. The van der Waals surface area contributed by atoms with Crippen molar-refractivity contribution in [2.24, 2.45) is 0 Å². The molecule has 6 nitrogen and oxygen atoms in total. The van der Waals surface area contributed by atoms with Crippen LogP contribution in [0.1, 0.15) is 0 Å². The summed E-state index contributed by atoms with van der Waals surface area (Å²) in [5.74, 6) is 0.545. The molecule has 0 aliphatic rings. The van der Waals surface area contributed by atoms with Crippen molar-refractivity contribution in [1.82, 2.24) is 0 Å². The van der Waals surface area contributed by atoms with Gasteiger partial charge in [0.2, 0.25) is 0 Å². The van der Waals surface area contributed by atoms with Crippen LogP contribution in [0.5, 0.6) is 11.5 Å². The Morgan fingerprint density at radius 1 is 0.714 bits per heavy atom. The van der Waals surface area contributed by atoms with E-state index in [1.54, 1.807) is 0 Å². The molecular formula is C18H14F8I2O6S. The van der Waals surface area contributed by atoms with E-state index in [1.165, 1.54) is 62.8 Å². The van der Waals surface area contributed by atoms with Crippen molar-refractivity contribution >= 4 is 52.9 Å². The van der Waals surface area contributed by atoms with Gasteiger partial charge in [-0.25, -0.2) is 0 Å². The molecule has 0 amide bonds. The van der Waals surface area contributed by atoms with Crippen LogP contribution in [0.15, 0.2) is 48.5 Å². The van der Waals surface area contributed by atoms with E-state index in [2.05, 4.69) is 7.25 Å². The number of rotatable bonds is 11. The first-order valence-electron chi connectivity index (χ1n) is 8.71. The zero-order valence-electron chi connectivity index (χ0n) is 17.3. The van der Waals surface area contributed by atoms with Crippen LogP contribution in [-0.2, 0) is 17.4 Å². The van der Waals surface area contributed by atoms with Crippen molar-refractivity contribution in [3.63, 3.8) is 0 Å². The molecule has 0 unspecified atom stereocenters. The number of hydrogen-bond acceptors (Lipinski definition) is 6. The van der Waals surface area contributed by atoms with Gasteiger partial charge in [-0.3, -0.25) is 0 Å². The van der Waals surface area contributed by atoms with E-state index in [0.717, 1.165) is 0 Å². The Balaban J connectivity index is 2.51. The van der Waals surface area contributed by atoms with E-state index >= 15 is 0 Å². The first kappa shape index (κ1) is 30.0. The number of benzene rings is 2. The van der Waals surface area contributed by atoms with Crippen LogP contribution in [0.2, 0.25) is 0 Å². The Bertz CT molecular complexity index is 1060. The minimum atomic E-state index is -6.74. The van der Waals surface area contributed by atoms with Crippen LogP contribution < -0.4 is 9.47 Å². The van der Waals surface area contributed by atoms with Gasteiger partial charge in [-0.2, -0.15) is 0 Å². The standard InChI is InChI=1S/C18H14F8I2O6S/c1-31-13-7-3-11(4-8-13)28(12-5-9-14(32-2)10-6-12)34-35(29,30)18(25,26)17(23,24)33-16(21,22)15(19,20)27/h3-10H,1-2H3. The summed E-state index contributed by atoms with van der Waals surface area (Å²) in [5, 5.41) is -6.49. The summed E-state index contributed by atoms with van der Waals surface area (Å²) in [5.41, 5.74) is 0. The van der Waals surface area contributed by atoms with Crippen molar-refractivity contribution in [1.29, 1.82) is 0 Å². The molecule has 2 aromatic rings. The van der Waals surface area contributed by atoms with E-state index in [1.807, 2.05) is 0 Å². The second-order valence-electron chi connectivity index (χ2n) is 6.23. The molecule has 2 rings (SSSR count). The van der Waals surface area contributed by atoms with Crippen molar-refractivity contribution in [3.05, 3.63) is 55.7 Å². The normalized spacial score (nSPS) is 14.0. The molecule has 0 saturated carbocycles. The number of ether oxygens (including phenoxy) is 3. The van der Waals surface area contributed by atoms with E-state index < -0.39 is 51.8 Å². The fraction of sp³-hybridized carbons (Fsp3) is 0.333. The third kappa shape index (κ3) is 6.58. The van der Waals surface area contributed by atoms with E-state index in [0.29, 0.717) is 0 Å². The predicted molar refractivity (Wildman–Crippen MR) is 122 cm³/mol. The Labute approximate surface area is 215 Å². The predicted octanol–water partition coefficient (Wildman–Crippen LogP) is 6.33. The first-order chi connectivity index (χ1) is 15.9. The molecule has 198 valence electrons.